The van der Waals surface area contributed by atoms with Crippen molar-refractivity contribution in [2.75, 3.05) is 39.4 Å². The molecular formula is C11H24N2O2. The van der Waals surface area contributed by atoms with Crippen LogP contribution in [0.5, 0.6) is 0 Å². The SMILES string of the molecule is CCNCC(O)CN1CCOCC1CC. The molecule has 15 heavy (non-hydrogen) atoms. The van der Waals surface area contributed by atoms with Gasteiger partial charge in [-0.25, -0.2) is 0 Å². The standard InChI is InChI=1S/C11H24N2O2/c1-3-10-9-15-6-5-13(10)8-11(14)7-12-4-2/h10-12,14H,3-9H2,1-2H3. The molecule has 2 atom stereocenters. The molecule has 1 saturated heterocycles. The second-order valence-corrected chi connectivity index (χ2v) is 4.09. The van der Waals surface area contributed by atoms with Crippen LogP contribution in [0.4, 0.5) is 0 Å². The molecule has 0 aromatic carbocycles. The van der Waals surface area contributed by atoms with E-state index in [4.69, 9.17) is 4.74 Å². The molecular weight excluding hydrogens is 192 g/mol. The van der Waals surface area contributed by atoms with E-state index < -0.39 is 0 Å². The molecule has 1 heterocycles. The van der Waals surface area contributed by atoms with E-state index in [1.54, 1.807) is 0 Å². The molecule has 4 heteroatoms. The highest BCUT2D eigenvalue weighted by molar-refractivity contribution is 4.77. The number of rotatable bonds is 6. The van der Waals surface area contributed by atoms with E-state index in [-0.39, 0.29) is 6.10 Å². The lowest BCUT2D eigenvalue weighted by Crippen LogP contribution is -2.49. The van der Waals surface area contributed by atoms with E-state index in [0.717, 1.165) is 39.3 Å². The second kappa shape index (κ2) is 7.17. The fraction of sp³-hybridized carbons (Fsp3) is 1.00. The van der Waals surface area contributed by atoms with E-state index in [9.17, 15) is 5.11 Å². The van der Waals surface area contributed by atoms with Crippen LogP contribution in [0.15, 0.2) is 0 Å². The maximum absolute atomic E-state index is 9.80. The zero-order chi connectivity index (χ0) is 11.1. The number of ether oxygens (including phenoxy) is 1. The van der Waals surface area contributed by atoms with Crippen molar-refractivity contribution in [2.24, 2.45) is 0 Å². The molecule has 0 saturated carbocycles. The predicted molar refractivity (Wildman–Crippen MR) is 61.0 cm³/mol. The molecule has 90 valence electrons. The summed E-state index contributed by atoms with van der Waals surface area (Å²) in [6.07, 6.45) is 0.825. The Morgan fingerprint density at radius 1 is 1.53 bits per heavy atom. The average molecular weight is 216 g/mol. The largest absolute Gasteiger partial charge is 0.390 e. The van der Waals surface area contributed by atoms with Gasteiger partial charge in [-0.05, 0) is 13.0 Å². The number of nitrogens with one attached hydrogen (secondary N) is 1. The van der Waals surface area contributed by atoms with Crippen LogP contribution in [-0.2, 0) is 4.74 Å². The zero-order valence-electron chi connectivity index (χ0n) is 9.91. The topological polar surface area (TPSA) is 44.7 Å². The van der Waals surface area contributed by atoms with Gasteiger partial charge in [0, 0.05) is 25.7 Å². The van der Waals surface area contributed by atoms with Crippen molar-refractivity contribution < 1.29 is 9.84 Å². The van der Waals surface area contributed by atoms with Crippen LogP contribution in [0, 0.1) is 0 Å². The lowest BCUT2D eigenvalue weighted by molar-refractivity contribution is -0.0268. The molecule has 0 bridgehead atoms. The Labute approximate surface area is 92.6 Å². The number of hydrogen-bond acceptors (Lipinski definition) is 4. The summed E-state index contributed by atoms with van der Waals surface area (Å²) in [6, 6.07) is 0.482. The van der Waals surface area contributed by atoms with Gasteiger partial charge in [-0.15, -0.1) is 0 Å². The number of nitrogens with zero attached hydrogens (tertiary/aromatic N) is 1. The van der Waals surface area contributed by atoms with Crippen molar-refractivity contribution in [1.29, 1.82) is 0 Å². The number of morpholine rings is 1. The molecule has 2 N–H and O–H groups in total. The highest BCUT2D eigenvalue weighted by Gasteiger charge is 2.22. The summed E-state index contributed by atoms with van der Waals surface area (Å²) < 4.78 is 5.43. The summed E-state index contributed by atoms with van der Waals surface area (Å²) in [4.78, 5) is 2.34. The van der Waals surface area contributed by atoms with Gasteiger partial charge < -0.3 is 15.2 Å². The van der Waals surface area contributed by atoms with Crippen LogP contribution in [0.3, 0.4) is 0 Å². The molecule has 0 aromatic heterocycles. The summed E-state index contributed by atoms with van der Waals surface area (Å²) >= 11 is 0. The van der Waals surface area contributed by atoms with Gasteiger partial charge in [0.15, 0.2) is 0 Å². The van der Waals surface area contributed by atoms with Gasteiger partial charge in [-0.3, -0.25) is 4.90 Å². The minimum Gasteiger partial charge on any atom is -0.390 e. The van der Waals surface area contributed by atoms with Crippen molar-refractivity contribution in [2.45, 2.75) is 32.4 Å². The summed E-state index contributed by atoms with van der Waals surface area (Å²) in [5.41, 5.74) is 0. The minimum atomic E-state index is -0.267. The fourth-order valence-electron chi connectivity index (χ4n) is 1.95. The van der Waals surface area contributed by atoms with Gasteiger partial charge in [0.25, 0.3) is 0 Å². The Kier molecular flexibility index (Phi) is 6.17. The molecule has 0 spiro atoms. The van der Waals surface area contributed by atoms with Crippen LogP contribution in [0.25, 0.3) is 0 Å². The molecule has 0 radical (unpaired) electrons. The van der Waals surface area contributed by atoms with Gasteiger partial charge in [0.1, 0.15) is 0 Å². The van der Waals surface area contributed by atoms with Gasteiger partial charge in [-0.1, -0.05) is 13.8 Å². The number of β-amino-alcohol motifs (C(OH)–C–C–N with tert-alkyl or cyclic N) is 1. The molecule has 0 aromatic rings. The molecule has 1 rings (SSSR count). The minimum absolute atomic E-state index is 0.267. The smallest absolute Gasteiger partial charge is 0.0791 e. The van der Waals surface area contributed by atoms with Gasteiger partial charge in [0.2, 0.25) is 0 Å². The highest BCUT2D eigenvalue weighted by Crippen LogP contribution is 2.10. The average Bonchev–Trinajstić information content (AvgIpc) is 2.27. The number of hydrogen-bond donors (Lipinski definition) is 2. The van der Waals surface area contributed by atoms with E-state index in [0.29, 0.717) is 12.6 Å². The molecule has 0 aliphatic carbocycles. The Hall–Kier alpha value is -0.160. The van der Waals surface area contributed by atoms with Gasteiger partial charge in [0.05, 0.1) is 19.3 Å². The Bertz CT molecular complexity index is 167. The predicted octanol–water partition coefficient (Wildman–Crippen LogP) is 0.0676. The summed E-state index contributed by atoms with van der Waals surface area (Å²) in [6.45, 7) is 9.13. The highest BCUT2D eigenvalue weighted by atomic mass is 16.5. The van der Waals surface area contributed by atoms with Crippen molar-refractivity contribution in [3.63, 3.8) is 0 Å². The molecule has 1 fully saturated rings. The molecule has 2 unspecified atom stereocenters. The molecule has 1 aliphatic rings. The Morgan fingerprint density at radius 2 is 2.33 bits per heavy atom. The Balaban J connectivity index is 2.27. The normalized spacial score (nSPS) is 25.4. The van der Waals surface area contributed by atoms with E-state index in [1.807, 2.05) is 0 Å². The molecule has 1 aliphatic heterocycles. The van der Waals surface area contributed by atoms with Crippen molar-refractivity contribution in [1.82, 2.24) is 10.2 Å². The Morgan fingerprint density at radius 3 is 3.00 bits per heavy atom. The lowest BCUT2D eigenvalue weighted by atomic mass is 10.1. The number of aliphatic hydroxyl groups excluding tert-OH is 1. The third-order valence-electron chi connectivity index (χ3n) is 2.90. The van der Waals surface area contributed by atoms with Crippen LogP contribution in [0.2, 0.25) is 0 Å². The van der Waals surface area contributed by atoms with Gasteiger partial charge >= 0.3 is 0 Å². The maximum atomic E-state index is 9.80. The van der Waals surface area contributed by atoms with Crippen LogP contribution >= 0.6 is 0 Å². The number of likely N-dealkylation sites (N-methyl/N-ethyl adjacent to an activating group) is 1. The lowest BCUT2D eigenvalue weighted by Gasteiger charge is -2.36. The zero-order valence-corrected chi connectivity index (χ0v) is 9.91. The monoisotopic (exact) mass is 216 g/mol. The molecule has 4 nitrogen and oxygen atoms in total. The quantitative estimate of drug-likeness (QED) is 0.659. The first kappa shape index (κ1) is 12.9. The second-order valence-electron chi connectivity index (χ2n) is 4.09. The van der Waals surface area contributed by atoms with Crippen LogP contribution in [-0.4, -0.2) is 61.5 Å². The van der Waals surface area contributed by atoms with Crippen molar-refractivity contribution in [3.8, 4) is 0 Å². The van der Waals surface area contributed by atoms with E-state index in [1.165, 1.54) is 0 Å². The van der Waals surface area contributed by atoms with Crippen molar-refractivity contribution >= 4 is 0 Å². The maximum Gasteiger partial charge on any atom is 0.0791 e. The van der Waals surface area contributed by atoms with E-state index in [2.05, 4.69) is 24.1 Å². The summed E-state index contributed by atoms with van der Waals surface area (Å²) in [7, 11) is 0. The summed E-state index contributed by atoms with van der Waals surface area (Å²) in [5.74, 6) is 0. The first-order valence-electron chi connectivity index (χ1n) is 5.98. The first-order valence-corrected chi connectivity index (χ1v) is 5.98. The van der Waals surface area contributed by atoms with E-state index >= 15 is 0 Å². The third kappa shape index (κ3) is 4.47. The summed E-state index contributed by atoms with van der Waals surface area (Å²) in [5, 5.41) is 13.0. The number of aliphatic hydroxyl groups is 1. The third-order valence-corrected chi connectivity index (χ3v) is 2.90. The first-order chi connectivity index (χ1) is 7.27. The fourth-order valence-corrected chi connectivity index (χ4v) is 1.95. The van der Waals surface area contributed by atoms with Crippen LogP contribution < -0.4 is 5.32 Å². The van der Waals surface area contributed by atoms with Crippen molar-refractivity contribution in [3.05, 3.63) is 0 Å². The van der Waals surface area contributed by atoms with Gasteiger partial charge in [-0.2, -0.15) is 0 Å². The van der Waals surface area contributed by atoms with Crippen LogP contribution in [0.1, 0.15) is 20.3 Å². The molecule has 0 amide bonds.